The third-order valence-corrected chi connectivity index (χ3v) is 4.05. The molecule has 0 saturated carbocycles. The van der Waals surface area contributed by atoms with Crippen molar-refractivity contribution in [3.05, 3.63) is 53.9 Å². The Morgan fingerprint density at radius 1 is 1.27 bits per heavy atom. The normalized spacial score (nSPS) is 15.6. The van der Waals surface area contributed by atoms with Crippen molar-refractivity contribution >= 4 is 23.2 Å². The molecule has 0 atom stereocenters. The van der Waals surface area contributed by atoms with Crippen LogP contribution in [0.4, 0.5) is 11.4 Å². The van der Waals surface area contributed by atoms with E-state index in [1.165, 1.54) is 6.20 Å². The van der Waals surface area contributed by atoms with Crippen molar-refractivity contribution in [3.63, 3.8) is 0 Å². The van der Waals surface area contributed by atoms with Crippen molar-refractivity contribution in [1.82, 2.24) is 4.98 Å². The number of aromatic nitrogens is 1. The van der Waals surface area contributed by atoms with Crippen molar-refractivity contribution in [1.29, 1.82) is 0 Å². The average molecular weight is 295 g/mol. The lowest BCUT2D eigenvalue weighted by molar-refractivity contribution is -0.121. The van der Waals surface area contributed by atoms with E-state index in [4.69, 9.17) is 0 Å². The topological polar surface area (TPSA) is 62.3 Å². The van der Waals surface area contributed by atoms with Crippen LogP contribution in [0.3, 0.4) is 0 Å². The molecule has 5 heteroatoms. The van der Waals surface area contributed by atoms with E-state index in [0.717, 1.165) is 11.3 Å². The number of nitrogens with one attached hydrogen (secondary N) is 1. The second kappa shape index (κ2) is 4.94. The lowest BCUT2D eigenvalue weighted by atomic mass is 9.86. The number of amides is 2. The maximum absolute atomic E-state index is 12.3. The molecule has 22 heavy (non-hydrogen) atoms. The van der Waals surface area contributed by atoms with Gasteiger partial charge in [-0.05, 0) is 43.7 Å². The summed E-state index contributed by atoms with van der Waals surface area (Å²) in [7, 11) is 1.75. The molecule has 0 bridgehead atoms. The largest absolute Gasteiger partial charge is 0.322 e. The molecule has 5 nitrogen and oxygen atoms in total. The van der Waals surface area contributed by atoms with Gasteiger partial charge in [-0.25, -0.2) is 0 Å². The van der Waals surface area contributed by atoms with Crippen LogP contribution in [0.15, 0.2) is 42.7 Å². The van der Waals surface area contributed by atoms with E-state index in [1.54, 1.807) is 30.3 Å². The van der Waals surface area contributed by atoms with Gasteiger partial charge < -0.3 is 10.2 Å². The Balaban J connectivity index is 1.90. The monoisotopic (exact) mass is 295 g/mol. The number of fused-ring (bicyclic) bond motifs is 1. The number of rotatable bonds is 2. The Hall–Kier alpha value is -2.69. The number of likely N-dealkylation sites (N-methyl/N-ethyl adjacent to an activating group) is 1. The molecular formula is C17H17N3O2. The maximum Gasteiger partial charge on any atom is 0.257 e. The van der Waals surface area contributed by atoms with Crippen LogP contribution in [0.2, 0.25) is 0 Å². The predicted octanol–water partition coefficient (Wildman–Crippen LogP) is 2.59. The number of pyridine rings is 1. The number of carbonyl (C=O) groups is 2. The zero-order valence-corrected chi connectivity index (χ0v) is 12.8. The predicted molar refractivity (Wildman–Crippen MR) is 85.1 cm³/mol. The van der Waals surface area contributed by atoms with E-state index < -0.39 is 5.41 Å². The van der Waals surface area contributed by atoms with Crippen LogP contribution < -0.4 is 10.2 Å². The summed E-state index contributed by atoms with van der Waals surface area (Å²) in [6.45, 7) is 3.82. The molecule has 1 aromatic carbocycles. The second-order valence-electron chi connectivity index (χ2n) is 5.92. The van der Waals surface area contributed by atoms with Gasteiger partial charge in [-0.2, -0.15) is 0 Å². The van der Waals surface area contributed by atoms with Crippen molar-refractivity contribution in [3.8, 4) is 0 Å². The standard InChI is InChI=1S/C17H17N3O2/c1-17(2)13-7-6-12(9-14(13)20(3)16(17)22)19-15(21)11-5-4-8-18-10-11/h4-10H,1-3H3,(H,19,21). The van der Waals surface area contributed by atoms with Crippen LogP contribution in [-0.2, 0) is 10.2 Å². The summed E-state index contributed by atoms with van der Waals surface area (Å²) in [5, 5.41) is 2.83. The van der Waals surface area contributed by atoms with Crippen LogP contribution in [0.25, 0.3) is 0 Å². The van der Waals surface area contributed by atoms with Crippen molar-refractivity contribution in [2.45, 2.75) is 19.3 Å². The van der Waals surface area contributed by atoms with Crippen LogP contribution >= 0.6 is 0 Å². The van der Waals surface area contributed by atoms with E-state index in [0.29, 0.717) is 11.3 Å². The minimum absolute atomic E-state index is 0.0539. The molecule has 1 aliphatic rings. The molecule has 0 saturated heterocycles. The van der Waals surface area contributed by atoms with Gasteiger partial charge in [0, 0.05) is 30.8 Å². The van der Waals surface area contributed by atoms with Gasteiger partial charge in [0.25, 0.3) is 5.91 Å². The van der Waals surface area contributed by atoms with Crippen LogP contribution in [0, 0.1) is 0 Å². The molecule has 112 valence electrons. The minimum atomic E-state index is -0.532. The van der Waals surface area contributed by atoms with Gasteiger partial charge in [0.15, 0.2) is 0 Å². The first kappa shape index (κ1) is 14.3. The summed E-state index contributed by atoms with van der Waals surface area (Å²) in [6, 6.07) is 8.97. The number of anilines is 2. The zero-order chi connectivity index (χ0) is 15.9. The van der Waals surface area contributed by atoms with Gasteiger partial charge in [0.2, 0.25) is 5.91 Å². The van der Waals surface area contributed by atoms with E-state index in [2.05, 4.69) is 10.3 Å². The van der Waals surface area contributed by atoms with Gasteiger partial charge in [-0.3, -0.25) is 14.6 Å². The highest BCUT2D eigenvalue weighted by atomic mass is 16.2. The van der Waals surface area contributed by atoms with Gasteiger partial charge in [-0.15, -0.1) is 0 Å². The third-order valence-electron chi connectivity index (χ3n) is 4.05. The molecule has 2 aromatic rings. The Morgan fingerprint density at radius 2 is 2.05 bits per heavy atom. The fraction of sp³-hybridized carbons (Fsp3) is 0.235. The van der Waals surface area contributed by atoms with E-state index in [1.807, 2.05) is 32.0 Å². The van der Waals surface area contributed by atoms with E-state index in [-0.39, 0.29) is 11.8 Å². The molecular weight excluding hydrogens is 278 g/mol. The fourth-order valence-electron chi connectivity index (χ4n) is 2.76. The summed E-state index contributed by atoms with van der Waals surface area (Å²) in [6.07, 6.45) is 3.14. The van der Waals surface area contributed by atoms with Crippen molar-refractivity contribution < 1.29 is 9.59 Å². The number of carbonyl (C=O) groups excluding carboxylic acids is 2. The molecule has 2 heterocycles. The Morgan fingerprint density at radius 3 is 2.73 bits per heavy atom. The molecule has 3 rings (SSSR count). The van der Waals surface area contributed by atoms with Gasteiger partial charge in [0.1, 0.15) is 0 Å². The third kappa shape index (κ3) is 2.15. The maximum atomic E-state index is 12.3. The Kier molecular flexibility index (Phi) is 3.20. The molecule has 0 aliphatic carbocycles. The highest BCUT2D eigenvalue weighted by molar-refractivity contribution is 6.09. The van der Waals surface area contributed by atoms with Crippen molar-refractivity contribution in [2.24, 2.45) is 0 Å². The summed E-state index contributed by atoms with van der Waals surface area (Å²) in [4.78, 5) is 30.0. The molecule has 1 N–H and O–H groups in total. The first-order valence-corrected chi connectivity index (χ1v) is 7.05. The molecule has 1 aliphatic heterocycles. The lowest BCUT2D eigenvalue weighted by Crippen LogP contribution is -2.33. The molecule has 0 spiro atoms. The van der Waals surface area contributed by atoms with Gasteiger partial charge >= 0.3 is 0 Å². The molecule has 0 unspecified atom stereocenters. The van der Waals surface area contributed by atoms with E-state index in [9.17, 15) is 9.59 Å². The number of hydrogen-bond acceptors (Lipinski definition) is 3. The Labute approximate surface area is 129 Å². The fourth-order valence-corrected chi connectivity index (χ4v) is 2.76. The Bertz CT molecular complexity index is 754. The molecule has 2 amide bonds. The number of nitrogens with zero attached hydrogens (tertiary/aromatic N) is 2. The van der Waals surface area contributed by atoms with Crippen LogP contribution in [-0.4, -0.2) is 23.8 Å². The quantitative estimate of drug-likeness (QED) is 0.926. The summed E-state index contributed by atoms with van der Waals surface area (Å²) in [5.41, 5.74) is 2.42. The SMILES string of the molecule is CN1C(=O)C(C)(C)c2ccc(NC(=O)c3cccnc3)cc21. The first-order chi connectivity index (χ1) is 10.4. The smallest absolute Gasteiger partial charge is 0.257 e. The lowest BCUT2D eigenvalue weighted by Gasteiger charge is -2.16. The number of benzene rings is 1. The van der Waals surface area contributed by atoms with Gasteiger partial charge in [0.05, 0.1) is 11.0 Å². The first-order valence-electron chi connectivity index (χ1n) is 7.05. The van der Waals surface area contributed by atoms with Crippen LogP contribution in [0.5, 0.6) is 0 Å². The summed E-state index contributed by atoms with van der Waals surface area (Å²) >= 11 is 0. The summed E-state index contributed by atoms with van der Waals surface area (Å²) in [5.74, 6) is -0.169. The molecule has 1 aromatic heterocycles. The van der Waals surface area contributed by atoms with Crippen molar-refractivity contribution in [2.75, 3.05) is 17.3 Å². The molecule has 0 radical (unpaired) electrons. The average Bonchev–Trinajstić information content (AvgIpc) is 2.69. The van der Waals surface area contributed by atoms with Crippen LogP contribution in [0.1, 0.15) is 29.8 Å². The second-order valence-corrected chi connectivity index (χ2v) is 5.92. The molecule has 0 fully saturated rings. The highest BCUT2D eigenvalue weighted by Gasteiger charge is 2.42. The summed E-state index contributed by atoms with van der Waals surface area (Å²) < 4.78 is 0. The highest BCUT2D eigenvalue weighted by Crippen LogP contribution is 2.41. The zero-order valence-electron chi connectivity index (χ0n) is 12.8. The minimum Gasteiger partial charge on any atom is -0.322 e. The van der Waals surface area contributed by atoms with E-state index >= 15 is 0 Å². The number of hydrogen-bond donors (Lipinski definition) is 1. The van der Waals surface area contributed by atoms with Gasteiger partial charge in [-0.1, -0.05) is 6.07 Å².